The van der Waals surface area contributed by atoms with E-state index in [9.17, 15) is 0 Å². The van der Waals surface area contributed by atoms with Crippen molar-refractivity contribution in [2.24, 2.45) is 0 Å². The molecule has 2 rings (SSSR count). The Morgan fingerprint density at radius 3 is 3.07 bits per heavy atom. The molecule has 1 aliphatic heterocycles. The van der Waals surface area contributed by atoms with Gasteiger partial charge in [0, 0.05) is 24.1 Å². The van der Waals surface area contributed by atoms with Crippen molar-refractivity contribution in [1.82, 2.24) is 5.32 Å². The van der Waals surface area contributed by atoms with Gasteiger partial charge < -0.3 is 10.1 Å². The van der Waals surface area contributed by atoms with Crippen LogP contribution in [0.2, 0.25) is 0 Å². The fourth-order valence-corrected chi connectivity index (χ4v) is 3.35. The fourth-order valence-electron chi connectivity index (χ4n) is 1.87. The number of ether oxygens (including phenoxy) is 1. The van der Waals surface area contributed by atoms with Crippen LogP contribution < -0.4 is 5.32 Å². The van der Waals surface area contributed by atoms with Crippen molar-refractivity contribution < 1.29 is 4.74 Å². The van der Waals surface area contributed by atoms with Crippen molar-refractivity contribution in [2.45, 2.75) is 31.9 Å². The average Bonchev–Trinajstić information content (AvgIpc) is 2.77. The molecule has 4 heteroatoms. The third kappa shape index (κ3) is 3.28. The predicted molar refractivity (Wildman–Crippen MR) is 67.5 cm³/mol. The van der Waals surface area contributed by atoms with E-state index < -0.39 is 0 Å². The van der Waals surface area contributed by atoms with Gasteiger partial charge in [-0.15, -0.1) is 11.3 Å². The van der Waals surface area contributed by atoms with Crippen LogP contribution in [0.15, 0.2) is 15.9 Å². The first-order valence-corrected chi connectivity index (χ1v) is 6.96. The molecule has 2 atom stereocenters. The highest BCUT2D eigenvalue weighted by atomic mass is 79.9. The molecule has 0 amide bonds. The molecule has 1 fully saturated rings. The first kappa shape index (κ1) is 11.6. The maximum Gasteiger partial charge on any atom is 0.0701 e. The second-order valence-corrected chi connectivity index (χ2v) is 6.43. The molecule has 1 aromatic heterocycles. The van der Waals surface area contributed by atoms with Crippen LogP contribution in [0.1, 0.15) is 18.2 Å². The van der Waals surface area contributed by atoms with Crippen molar-refractivity contribution >= 4 is 27.3 Å². The Balaban J connectivity index is 1.70. The Hall–Kier alpha value is 0.1000. The van der Waals surface area contributed by atoms with Crippen LogP contribution in [-0.2, 0) is 11.2 Å². The van der Waals surface area contributed by atoms with Gasteiger partial charge in [0.2, 0.25) is 0 Å². The summed E-state index contributed by atoms with van der Waals surface area (Å²) in [7, 11) is 0. The standard InChI is InChI=1S/C11H16BrNOS/c1-8-10(5-7-14-8)13-6-4-9-2-3-11(12)15-9/h2-3,8,10,13H,4-7H2,1H3. The minimum absolute atomic E-state index is 0.375. The summed E-state index contributed by atoms with van der Waals surface area (Å²) in [6.07, 6.45) is 2.63. The van der Waals surface area contributed by atoms with E-state index in [1.165, 1.54) is 8.66 Å². The van der Waals surface area contributed by atoms with Crippen LogP contribution in [0.5, 0.6) is 0 Å². The summed E-state index contributed by atoms with van der Waals surface area (Å²) in [5.41, 5.74) is 0. The Morgan fingerprint density at radius 1 is 1.60 bits per heavy atom. The molecule has 1 N–H and O–H groups in total. The van der Waals surface area contributed by atoms with Crippen molar-refractivity contribution in [3.05, 3.63) is 20.8 Å². The largest absolute Gasteiger partial charge is 0.377 e. The molecule has 0 aliphatic carbocycles. The van der Waals surface area contributed by atoms with Gasteiger partial charge in [-0.25, -0.2) is 0 Å². The SMILES string of the molecule is CC1OCCC1NCCc1ccc(Br)s1. The van der Waals surface area contributed by atoms with Crippen LogP contribution in [-0.4, -0.2) is 25.3 Å². The Labute approximate surface area is 103 Å². The average molecular weight is 290 g/mol. The zero-order valence-corrected chi connectivity index (χ0v) is 11.2. The molecular formula is C11H16BrNOS. The minimum atomic E-state index is 0.375. The van der Waals surface area contributed by atoms with Crippen LogP contribution in [0.4, 0.5) is 0 Å². The Bertz CT molecular complexity index is 315. The summed E-state index contributed by atoms with van der Waals surface area (Å²) in [5.74, 6) is 0. The molecule has 15 heavy (non-hydrogen) atoms. The molecule has 0 radical (unpaired) electrons. The number of halogens is 1. The maximum absolute atomic E-state index is 5.50. The lowest BCUT2D eigenvalue weighted by Crippen LogP contribution is -2.35. The minimum Gasteiger partial charge on any atom is -0.377 e. The van der Waals surface area contributed by atoms with Gasteiger partial charge in [-0.3, -0.25) is 0 Å². The number of nitrogens with one attached hydrogen (secondary N) is 1. The lowest BCUT2D eigenvalue weighted by atomic mass is 10.1. The lowest BCUT2D eigenvalue weighted by molar-refractivity contribution is 0.113. The predicted octanol–water partition coefficient (Wildman–Crippen LogP) is 2.82. The zero-order valence-electron chi connectivity index (χ0n) is 8.83. The van der Waals surface area contributed by atoms with Crippen LogP contribution in [0, 0.1) is 0 Å². The second kappa shape index (κ2) is 5.43. The molecule has 2 nitrogen and oxygen atoms in total. The topological polar surface area (TPSA) is 21.3 Å². The van der Waals surface area contributed by atoms with E-state index in [1.54, 1.807) is 0 Å². The molecule has 2 heterocycles. The van der Waals surface area contributed by atoms with Crippen molar-refractivity contribution in [3.8, 4) is 0 Å². The van der Waals surface area contributed by atoms with Gasteiger partial charge in [0.15, 0.2) is 0 Å². The van der Waals surface area contributed by atoms with Crippen LogP contribution in [0.25, 0.3) is 0 Å². The van der Waals surface area contributed by atoms with Crippen molar-refractivity contribution in [2.75, 3.05) is 13.2 Å². The first-order valence-electron chi connectivity index (χ1n) is 5.35. The molecule has 0 bridgehead atoms. The summed E-state index contributed by atoms with van der Waals surface area (Å²) in [5, 5.41) is 3.56. The summed E-state index contributed by atoms with van der Waals surface area (Å²) in [6, 6.07) is 4.85. The molecule has 0 aromatic carbocycles. The second-order valence-electron chi connectivity index (χ2n) is 3.88. The van der Waals surface area contributed by atoms with E-state index in [0.717, 1.165) is 26.0 Å². The summed E-state index contributed by atoms with van der Waals surface area (Å²) in [4.78, 5) is 1.43. The molecule has 2 unspecified atom stereocenters. The summed E-state index contributed by atoms with van der Waals surface area (Å²) < 4.78 is 6.72. The van der Waals surface area contributed by atoms with E-state index in [-0.39, 0.29) is 0 Å². The quantitative estimate of drug-likeness (QED) is 0.920. The van der Waals surface area contributed by atoms with Crippen LogP contribution in [0.3, 0.4) is 0 Å². The van der Waals surface area contributed by atoms with Crippen molar-refractivity contribution in [1.29, 1.82) is 0 Å². The van der Waals surface area contributed by atoms with Crippen molar-refractivity contribution in [3.63, 3.8) is 0 Å². The number of hydrogen-bond donors (Lipinski definition) is 1. The number of hydrogen-bond acceptors (Lipinski definition) is 3. The molecule has 84 valence electrons. The van der Waals surface area contributed by atoms with E-state index in [0.29, 0.717) is 12.1 Å². The highest BCUT2D eigenvalue weighted by molar-refractivity contribution is 9.11. The van der Waals surface area contributed by atoms with Gasteiger partial charge in [-0.05, 0) is 47.8 Å². The summed E-state index contributed by atoms with van der Waals surface area (Å²) >= 11 is 5.29. The Kier molecular flexibility index (Phi) is 4.20. The third-order valence-electron chi connectivity index (χ3n) is 2.78. The van der Waals surface area contributed by atoms with E-state index in [2.05, 4.69) is 40.3 Å². The van der Waals surface area contributed by atoms with Gasteiger partial charge in [0.25, 0.3) is 0 Å². The highest BCUT2D eigenvalue weighted by Gasteiger charge is 2.22. The monoisotopic (exact) mass is 289 g/mol. The molecule has 1 aromatic rings. The zero-order chi connectivity index (χ0) is 10.7. The molecular weight excluding hydrogens is 274 g/mol. The van der Waals surface area contributed by atoms with E-state index in [4.69, 9.17) is 4.74 Å². The first-order chi connectivity index (χ1) is 7.25. The van der Waals surface area contributed by atoms with Crippen LogP contribution >= 0.6 is 27.3 Å². The number of rotatable bonds is 4. The lowest BCUT2D eigenvalue weighted by Gasteiger charge is -2.15. The normalized spacial score (nSPS) is 26.0. The van der Waals surface area contributed by atoms with Gasteiger partial charge in [0.1, 0.15) is 0 Å². The van der Waals surface area contributed by atoms with Gasteiger partial charge >= 0.3 is 0 Å². The molecule has 1 saturated heterocycles. The van der Waals surface area contributed by atoms with Gasteiger partial charge in [-0.2, -0.15) is 0 Å². The highest BCUT2D eigenvalue weighted by Crippen LogP contribution is 2.22. The summed E-state index contributed by atoms with van der Waals surface area (Å²) in [6.45, 7) is 4.10. The van der Waals surface area contributed by atoms with Gasteiger partial charge in [-0.1, -0.05) is 0 Å². The fraction of sp³-hybridized carbons (Fsp3) is 0.636. The Morgan fingerprint density at radius 2 is 2.47 bits per heavy atom. The van der Waals surface area contributed by atoms with E-state index in [1.807, 2.05) is 11.3 Å². The molecule has 0 saturated carbocycles. The third-order valence-corrected chi connectivity index (χ3v) is 4.47. The smallest absolute Gasteiger partial charge is 0.0701 e. The van der Waals surface area contributed by atoms with Gasteiger partial charge in [0.05, 0.1) is 9.89 Å². The van der Waals surface area contributed by atoms with E-state index >= 15 is 0 Å². The molecule has 1 aliphatic rings. The molecule has 0 spiro atoms. The number of thiophene rings is 1. The maximum atomic E-state index is 5.50.